The zero-order valence-corrected chi connectivity index (χ0v) is 13.0. The predicted octanol–water partition coefficient (Wildman–Crippen LogP) is 0.629. The fourth-order valence-electron chi connectivity index (χ4n) is 1.71. The van der Waals surface area contributed by atoms with Crippen molar-refractivity contribution in [3.05, 3.63) is 41.2 Å². The molecule has 0 fully saturated rings. The Balaban J connectivity index is 2.24. The van der Waals surface area contributed by atoms with Crippen LogP contribution in [0.25, 0.3) is 0 Å². The number of hydrogen-bond acceptors (Lipinski definition) is 7. The number of nitrogens with one attached hydrogen (secondary N) is 2. The van der Waals surface area contributed by atoms with Gasteiger partial charge in [-0.2, -0.15) is 26.3 Å². The molecule has 136 valence electrons. The first-order chi connectivity index (χ1) is 11.6. The molecule has 0 aliphatic heterocycles. The van der Waals surface area contributed by atoms with Gasteiger partial charge in [-0.15, -0.1) is 0 Å². The van der Waals surface area contributed by atoms with E-state index in [1.165, 1.54) is 6.07 Å². The van der Waals surface area contributed by atoms with Crippen LogP contribution in [0.5, 0.6) is 0 Å². The quantitative estimate of drug-likeness (QED) is 0.256. The second-order valence-corrected chi connectivity index (χ2v) is 5.96. The normalized spacial score (nSPS) is 13.0. The standard InChI is InChI=1S/C11H11F3N6O4S/c12-11(13,14)6-2-1-3-7(4-6)17-10(18-21)9-8(19-24-20-9)5-16-25(15,22)23/h1-4,16,21H,5H2,(H,17,18)(H2,15,22,23). The van der Waals surface area contributed by atoms with Crippen molar-refractivity contribution in [2.45, 2.75) is 12.7 Å². The van der Waals surface area contributed by atoms with Crippen molar-refractivity contribution in [3.63, 3.8) is 0 Å². The number of halogens is 3. The molecule has 1 aromatic heterocycles. The van der Waals surface area contributed by atoms with Gasteiger partial charge >= 0.3 is 6.18 Å². The number of rotatable bonds is 5. The van der Waals surface area contributed by atoms with Gasteiger partial charge in [-0.1, -0.05) is 16.4 Å². The molecule has 0 aliphatic carbocycles. The summed E-state index contributed by atoms with van der Waals surface area (Å²) in [6, 6.07) is 4.07. The molecule has 10 nitrogen and oxygen atoms in total. The molecule has 0 saturated carbocycles. The van der Waals surface area contributed by atoms with Crippen LogP contribution in [0.15, 0.2) is 34.1 Å². The Morgan fingerprint density at radius 3 is 2.68 bits per heavy atom. The molecule has 1 heterocycles. The van der Waals surface area contributed by atoms with E-state index >= 15 is 0 Å². The van der Waals surface area contributed by atoms with Crippen LogP contribution < -0.4 is 15.2 Å². The lowest BCUT2D eigenvalue weighted by molar-refractivity contribution is -0.137. The van der Waals surface area contributed by atoms with Crippen molar-refractivity contribution in [2.24, 2.45) is 10.3 Å². The molecular weight excluding hydrogens is 369 g/mol. The van der Waals surface area contributed by atoms with Gasteiger partial charge in [-0.05, 0) is 23.4 Å². The van der Waals surface area contributed by atoms with Crippen molar-refractivity contribution < 1.29 is 31.4 Å². The highest BCUT2D eigenvalue weighted by Crippen LogP contribution is 2.30. The van der Waals surface area contributed by atoms with Crippen LogP contribution in [-0.2, 0) is 22.9 Å². The van der Waals surface area contributed by atoms with E-state index in [0.29, 0.717) is 0 Å². The summed E-state index contributed by atoms with van der Waals surface area (Å²) in [6.45, 7) is -0.443. The zero-order valence-electron chi connectivity index (χ0n) is 12.1. The first-order valence-electron chi connectivity index (χ1n) is 6.35. The minimum absolute atomic E-state index is 0.0593. The molecule has 0 atom stereocenters. The maximum absolute atomic E-state index is 12.7. The summed E-state index contributed by atoms with van der Waals surface area (Å²) in [7, 11) is -4.04. The van der Waals surface area contributed by atoms with Crippen molar-refractivity contribution in [2.75, 3.05) is 5.32 Å². The summed E-state index contributed by atoms with van der Waals surface area (Å²) < 4.78 is 66.2. The first-order valence-corrected chi connectivity index (χ1v) is 7.90. The number of nitrogens with two attached hydrogens (primary N) is 1. The Labute approximate surface area is 138 Å². The highest BCUT2D eigenvalue weighted by molar-refractivity contribution is 7.87. The largest absolute Gasteiger partial charge is 0.416 e. The fraction of sp³-hybridized carbons (Fsp3) is 0.182. The number of hydrogen-bond donors (Lipinski definition) is 4. The molecule has 0 saturated heterocycles. The molecule has 0 radical (unpaired) electrons. The molecule has 2 rings (SSSR count). The number of nitrogens with zero attached hydrogens (tertiary/aromatic N) is 3. The van der Waals surface area contributed by atoms with Gasteiger partial charge in [0.2, 0.25) is 5.84 Å². The highest BCUT2D eigenvalue weighted by Gasteiger charge is 2.30. The number of anilines is 1. The summed E-state index contributed by atoms with van der Waals surface area (Å²) in [4.78, 5) is 0. The lowest BCUT2D eigenvalue weighted by atomic mass is 10.2. The maximum atomic E-state index is 12.7. The number of oxime groups is 1. The average Bonchev–Trinajstić information content (AvgIpc) is 2.98. The first kappa shape index (κ1) is 18.6. The van der Waals surface area contributed by atoms with E-state index in [2.05, 4.69) is 25.4 Å². The molecule has 0 bridgehead atoms. The van der Waals surface area contributed by atoms with Gasteiger partial charge in [0.1, 0.15) is 5.69 Å². The molecule has 1 aromatic carbocycles. The third-order valence-corrected chi connectivity index (χ3v) is 3.32. The smallest absolute Gasteiger partial charge is 0.409 e. The molecule has 0 amide bonds. The predicted molar refractivity (Wildman–Crippen MR) is 77.6 cm³/mol. The van der Waals surface area contributed by atoms with Crippen molar-refractivity contribution >= 4 is 21.7 Å². The van der Waals surface area contributed by atoms with Crippen LogP contribution in [0.1, 0.15) is 17.0 Å². The monoisotopic (exact) mass is 380 g/mol. The van der Waals surface area contributed by atoms with E-state index in [1.54, 1.807) is 0 Å². The van der Waals surface area contributed by atoms with E-state index in [4.69, 9.17) is 10.3 Å². The van der Waals surface area contributed by atoms with Crippen molar-refractivity contribution in [1.29, 1.82) is 0 Å². The van der Waals surface area contributed by atoms with Gasteiger partial charge in [-0.3, -0.25) is 0 Å². The van der Waals surface area contributed by atoms with E-state index in [9.17, 15) is 21.6 Å². The molecule has 2 aromatic rings. The zero-order chi connectivity index (χ0) is 18.7. The van der Waals surface area contributed by atoms with Gasteiger partial charge in [0.05, 0.1) is 12.1 Å². The molecule has 0 unspecified atom stereocenters. The van der Waals surface area contributed by atoms with Crippen LogP contribution in [0.2, 0.25) is 0 Å². The SMILES string of the molecule is NS(=O)(=O)NCc1nonc1/C(=N/O)Nc1cccc(C(F)(F)F)c1. The Hall–Kier alpha value is -2.71. The number of amidine groups is 1. The Kier molecular flexibility index (Phi) is 5.24. The summed E-state index contributed by atoms with van der Waals surface area (Å²) in [6.07, 6.45) is -4.56. The van der Waals surface area contributed by atoms with E-state index in [-0.39, 0.29) is 17.1 Å². The molecule has 0 spiro atoms. The summed E-state index contributed by atoms with van der Waals surface area (Å²) in [5.41, 5.74) is -1.32. The second-order valence-electron chi connectivity index (χ2n) is 4.58. The number of alkyl halides is 3. The van der Waals surface area contributed by atoms with Crippen molar-refractivity contribution in [3.8, 4) is 0 Å². The van der Waals surface area contributed by atoms with Crippen LogP contribution in [0.4, 0.5) is 18.9 Å². The topological polar surface area (TPSA) is 156 Å². The molecule has 5 N–H and O–H groups in total. The lowest BCUT2D eigenvalue weighted by Gasteiger charge is -2.10. The van der Waals surface area contributed by atoms with Crippen LogP contribution in [-0.4, -0.2) is 29.8 Å². The lowest BCUT2D eigenvalue weighted by Crippen LogP contribution is -2.31. The minimum Gasteiger partial charge on any atom is -0.409 e. The Morgan fingerprint density at radius 2 is 2.08 bits per heavy atom. The molecular formula is C11H11F3N6O4S. The molecule has 14 heteroatoms. The van der Waals surface area contributed by atoms with Gasteiger partial charge in [0.15, 0.2) is 5.69 Å². The number of benzene rings is 1. The van der Waals surface area contributed by atoms with Gasteiger partial charge in [0.25, 0.3) is 10.2 Å². The van der Waals surface area contributed by atoms with E-state index in [0.717, 1.165) is 18.2 Å². The second kappa shape index (κ2) is 7.04. The summed E-state index contributed by atoms with van der Waals surface area (Å²) in [5, 5.41) is 26.0. The van der Waals surface area contributed by atoms with Crippen LogP contribution in [0.3, 0.4) is 0 Å². The average molecular weight is 380 g/mol. The maximum Gasteiger partial charge on any atom is 0.416 e. The molecule has 0 aliphatic rings. The summed E-state index contributed by atoms with van der Waals surface area (Å²) in [5.74, 6) is -0.410. The van der Waals surface area contributed by atoms with E-state index < -0.39 is 34.3 Å². The third-order valence-electron chi connectivity index (χ3n) is 2.77. The molecule has 25 heavy (non-hydrogen) atoms. The van der Waals surface area contributed by atoms with Crippen molar-refractivity contribution in [1.82, 2.24) is 15.0 Å². The Bertz CT molecular complexity index is 880. The van der Waals surface area contributed by atoms with E-state index in [1.807, 2.05) is 4.72 Å². The van der Waals surface area contributed by atoms with Crippen LogP contribution in [0, 0.1) is 0 Å². The minimum atomic E-state index is -4.56. The summed E-state index contributed by atoms with van der Waals surface area (Å²) >= 11 is 0. The van der Waals surface area contributed by atoms with Gasteiger partial charge in [-0.25, -0.2) is 9.77 Å². The van der Waals surface area contributed by atoms with Crippen LogP contribution >= 0.6 is 0 Å². The number of aromatic nitrogens is 2. The van der Waals surface area contributed by atoms with Gasteiger partial charge in [0, 0.05) is 5.69 Å². The Morgan fingerprint density at radius 1 is 1.36 bits per heavy atom. The van der Waals surface area contributed by atoms with Gasteiger partial charge < -0.3 is 10.5 Å². The third kappa shape index (κ3) is 5.13. The fourth-order valence-corrected chi connectivity index (χ4v) is 2.05. The highest BCUT2D eigenvalue weighted by atomic mass is 32.2.